The Morgan fingerprint density at radius 3 is 2.79 bits per heavy atom. The van der Waals surface area contributed by atoms with Crippen molar-refractivity contribution < 1.29 is 14.0 Å². The van der Waals surface area contributed by atoms with Gasteiger partial charge in [0.15, 0.2) is 5.82 Å². The van der Waals surface area contributed by atoms with Gasteiger partial charge in [-0.2, -0.15) is 10.4 Å². The van der Waals surface area contributed by atoms with E-state index in [2.05, 4.69) is 21.5 Å². The molecule has 2 amide bonds. The van der Waals surface area contributed by atoms with Crippen molar-refractivity contribution in [2.75, 3.05) is 18.4 Å². The van der Waals surface area contributed by atoms with Crippen molar-refractivity contribution in [1.29, 1.82) is 5.26 Å². The fourth-order valence-corrected chi connectivity index (χ4v) is 4.92. The highest BCUT2D eigenvalue weighted by atomic mass is 32.1. The first-order valence-electron chi connectivity index (χ1n) is 10.7. The highest BCUT2D eigenvalue weighted by Gasteiger charge is 2.46. The lowest BCUT2D eigenvalue weighted by Crippen LogP contribution is -2.54. The Bertz CT molecular complexity index is 1230. The summed E-state index contributed by atoms with van der Waals surface area (Å²) in [5.74, 6) is -0.850. The molecule has 3 heterocycles. The molecule has 0 radical (unpaired) electrons. The van der Waals surface area contributed by atoms with Crippen LogP contribution in [0.3, 0.4) is 0 Å². The number of anilines is 1. The predicted octanol–water partition coefficient (Wildman–Crippen LogP) is 2.84. The number of rotatable bonds is 8. The van der Waals surface area contributed by atoms with Gasteiger partial charge >= 0.3 is 0 Å². The number of aryl methyl sites for hydroxylation is 1. The number of nitrogens with two attached hydrogens (primary N) is 1. The molecule has 11 heteroatoms. The summed E-state index contributed by atoms with van der Waals surface area (Å²) >= 11 is 1.60. The molecule has 1 fully saturated rings. The molecule has 4 rings (SSSR count). The van der Waals surface area contributed by atoms with Crippen molar-refractivity contribution in [3.8, 4) is 17.3 Å². The van der Waals surface area contributed by atoms with Crippen molar-refractivity contribution in [3.63, 3.8) is 0 Å². The lowest BCUT2D eigenvalue weighted by atomic mass is 9.83. The summed E-state index contributed by atoms with van der Waals surface area (Å²) in [6, 6.07) is 10.1. The summed E-state index contributed by atoms with van der Waals surface area (Å²) in [6.45, 7) is 3.15. The van der Waals surface area contributed by atoms with E-state index in [4.69, 9.17) is 5.73 Å². The predicted molar refractivity (Wildman–Crippen MR) is 126 cm³/mol. The number of halogens is 1. The topological polar surface area (TPSA) is 130 Å². The number of nitriles is 1. The van der Waals surface area contributed by atoms with Crippen molar-refractivity contribution in [3.05, 3.63) is 52.0 Å². The van der Waals surface area contributed by atoms with E-state index in [0.717, 1.165) is 21.8 Å². The number of alkyl halides is 1. The molecular formula is C23H24FN7O2S. The van der Waals surface area contributed by atoms with Gasteiger partial charge in [-0.25, -0.2) is 9.37 Å². The number of hydrogen-bond donors (Lipinski definition) is 2. The lowest BCUT2D eigenvalue weighted by Gasteiger charge is -2.43. The second kappa shape index (κ2) is 9.70. The average Bonchev–Trinajstić information content (AvgIpc) is 3.44. The SMILES string of the molecule is Cc1nc(-c2ccc(CN3CCC(CC#N)(n4cc(C(N)=O)c(NC=O)n4)C(F)C3)cc2)cs1. The zero-order chi connectivity index (χ0) is 24.3. The van der Waals surface area contributed by atoms with Crippen molar-refractivity contribution >= 4 is 29.5 Å². The zero-order valence-corrected chi connectivity index (χ0v) is 19.4. The van der Waals surface area contributed by atoms with Gasteiger partial charge in [0, 0.05) is 36.8 Å². The first-order chi connectivity index (χ1) is 16.4. The summed E-state index contributed by atoms with van der Waals surface area (Å²) in [5, 5.41) is 19.0. The molecule has 0 bridgehead atoms. The largest absolute Gasteiger partial charge is 0.365 e. The molecule has 176 valence electrons. The van der Waals surface area contributed by atoms with Crippen LogP contribution in [0, 0.1) is 18.3 Å². The van der Waals surface area contributed by atoms with Crippen LogP contribution in [0.25, 0.3) is 11.3 Å². The second-order valence-corrected chi connectivity index (χ2v) is 9.36. The molecule has 0 aliphatic carbocycles. The van der Waals surface area contributed by atoms with Gasteiger partial charge in [0.1, 0.15) is 17.3 Å². The Balaban J connectivity index is 1.50. The number of carbonyl (C=O) groups is 2. The normalized spacial score (nSPS) is 20.6. The third-order valence-corrected chi connectivity index (χ3v) is 6.93. The maximum atomic E-state index is 15.7. The van der Waals surface area contributed by atoms with Crippen LogP contribution in [-0.2, 0) is 16.9 Å². The standard InChI is InChI=1S/C23H24FN7O2S/c1-15-28-19(13-34-15)17-4-2-16(3-5-17)10-30-9-7-23(6-8-25,20(24)12-30)31-11-18(21(26)33)22(29-31)27-14-32/h2-5,11,13-14,20H,6-7,9-10,12H2,1H3,(H2,26,33)(H,27,29,32). The highest BCUT2D eigenvalue weighted by molar-refractivity contribution is 7.09. The van der Waals surface area contributed by atoms with E-state index in [9.17, 15) is 14.9 Å². The van der Waals surface area contributed by atoms with Crippen molar-refractivity contribution in [2.24, 2.45) is 5.73 Å². The number of benzene rings is 1. The van der Waals surface area contributed by atoms with E-state index in [1.165, 1.54) is 10.9 Å². The van der Waals surface area contributed by atoms with E-state index in [0.29, 0.717) is 25.9 Å². The number of amides is 2. The van der Waals surface area contributed by atoms with Crippen LogP contribution in [0.15, 0.2) is 35.8 Å². The number of nitrogens with zero attached hydrogens (tertiary/aromatic N) is 5. The molecule has 2 unspecified atom stereocenters. The zero-order valence-electron chi connectivity index (χ0n) is 18.6. The molecule has 34 heavy (non-hydrogen) atoms. The van der Waals surface area contributed by atoms with Crippen molar-refractivity contribution in [2.45, 2.75) is 38.0 Å². The Morgan fingerprint density at radius 2 is 2.21 bits per heavy atom. The van der Waals surface area contributed by atoms with E-state index >= 15 is 4.39 Å². The minimum atomic E-state index is -1.43. The van der Waals surface area contributed by atoms with Gasteiger partial charge in [-0.05, 0) is 18.9 Å². The Kier molecular flexibility index (Phi) is 6.72. The Labute approximate surface area is 200 Å². The molecule has 1 aliphatic heterocycles. The van der Waals surface area contributed by atoms with Crippen LogP contribution in [0.5, 0.6) is 0 Å². The number of thiazole rings is 1. The molecule has 9 nitrogen and oxygen atoms in total. The minimum absolute atomic E-state index is 0.0329. The molecule has 1 aromatic carbocycles. The van der Waals surface area contributed by atoms with Gasteiger partial charge in [-0.3, -0.25) is 19.2 Å². The highest BCUT2D eigenvalue weighted by Crippen LogP contribution is 2.37. The number of hydrogen-bond acceptors (Lipinski definition) is 7. The molecule has 2 atom stereocenters. The van der Waals surface area contributed by atoms with Crippen LogP contribution in [-0.4, -0.2) is 51.2 Å². The molecular weight excluding hydrogens is 457 g/mol. The smallest absolute Gasteiger partial charge is 0.254 e. The molecule has 0 saturated carbocycles. The third-order valence-electron chi connectivity index (χ3n) is 6.15. The van der Waals surface area contributed by atoms with Gasteiger partial charge < -0.3 is 11.1 Å². The third kappa shape index (κ3) is 4.55. The summed E-state index contributed by atoms with van der Waals surface area (Å²) in [4.78, 5) is 29.1. The maximum Gasteiger partial charge on any atom is 0.254 e. The minimum Gasteiger partial charge on any atom is -0.365 e. The fraction of sp³-hybridized carbons (Fsp3) is 0.348. The van der Waals surface area contributed by atoms with E-state index in [1.807, 2.05) is 41.5 Å². The molecule has 0 spiro atoms. The summed E-state index contributed by atoms with van der Waals surface area (Å²) < 4.78 is 17.0. The van der Waals surface area contributed by atoms with Gasteiger partial charge in [-0.15, -0.1) is 11.3 Å². The van der Waals surface area contributed by atoms with Gasteiger partial charge in [-0.1, -0.05) is 24.3 Å². The lowest BCUT2D eigenvalue weighted by molar-refractivity contribution is -0.105. The summed E-state index contributed by atoms with van der Waals surface area (Å²) in [7, 11) is 0. The van der Waals surface area contributed by atoms with E-state index in [1.54, 1.807) is 11.3 Å². The summed E-state index contributed by atoms with van der Waals surface area (Å²) in [5.41, 5.74) is 7.10. The van der Waals surface area contributed by atoms with Crippen LogP contribution >= 0.6 is 11.3 Å². The summed E-state index contributed by atoms with van der Waals surface area (Å²) in [6.07, 6.45) is 0.421. The maximum absolute atomic E-state index is 15.7. The second-order valence-electron chi connectivity index (χ2n) is 8.30. The molecule has 1 aliphatic rings. The number of nitrogens with one attached hydrogen (secondary N) is 1. The molecule has 3 aromatic rings. The van der Waals surface area contributed by atoms with E-state index < -0.39 is 17.6 Å². The average molecular weight is 482 g/mol. The molecule has 1 saturated heterocycles. The Hall–Kier alpha value is -3.62. The van der Waals surface area contributed by atoms with Crippen LogP contribution < -0.4 is 11.1 Å². The number of piperidine rings is 1. The molecule has 3 N–H and O–H groups in total. The first kappa shape index (κ1) is 23.5. The fourth-order valence-electron chi connectivity index (χ4n) is 4.29. The molecule has 2 aromatic heterocycles. The number of carbonyl (C=O) groups excluding carboxylic acids is 2. The van der Waals surface area contributed by atoms with Crippen molar-refractivity contribution in [1.82, 2.24) is 19.7 Å². The first-order valence-corrected chi connectivity index (χ1v) is 11.6. The van der Waals surface area contributed by atoms with Crippen LogP contribution in [0.4, 0.5) is 10.2 Å². The van der Waals surface area contributed by atoms with E-state index in [-0.39, 0.29) is 24.3 Å². The Morgan fingerprint density at radius 1 is 1.44 bits per heavy atom. The van der Waals surface area contributed by atoms with Gasteiger partial charge in [0.25, 0.3) is 5.91 Å². The number of likely N-dealkylation sites (tertiary alicyclic amines) is 1. The van der Waals surface area contributed by atoms with Gasteiger partial charge in [0.05, 0.1) is 23.2 Å². The number of aromatic nitrogens is 3. The van der Waals surface area contributed by atoms with Gasteiger partial charge in [0.2, 0.25) is 6.41 Å². The quantitative estimate of drug-likeness (QED) is 0.476. The van der Waals surface area contributed by atoms with Crippen LogP contribution in [0.1, 0.15) is 33.8 Å². The monoisotopic (exact) mass is 481 g/mol. The number of primary amides is 1. The van der Waals surface area contributed by atoms with Crippen LogP contribution in [0.2, 0.25) is 0 Å².